The predicted molar refractivity (Wildman–Crippen MR) is 70.8 cm³/mol. The first-order valence-electron chi connectivity index (χ1n) is 5.89. The molecule has 1 aromatic rings. The van der Waals surface area contributed by atoms with Crippen LogP contribution in [0.5, 0.6) is 0 Å². The van der Waals surface area contributed by atoms with Crippen molar-refractivity contribution in [3.05, 3.63) is 10.0 Å². The Bertz CT molecular complexity index is 512. The van der Waals surface area contributed by atoms with Gasteiger partial charge in [0, 0.05) is 33.1 Å². The smallest absolute Gasteiger partial charge is 0.195 e. The van der Waals surface area contributed by atoms with E-state index >= 15 is 0 Å². The van der Waals surface area contributed by atoms with E-state index in [-0.39, 0.29) is 5.92 Å². The molecular formula is C10H18N4O2S2. The number of nitrogens with zero attached hydrogens (tertiary/aromatic N) is 4. The van der Waals surface area contributed by atoms with Crippen LogP contribution >= 0.6 is 11.3 Å². The molecule has 1 fully saturated rings. The van der Waals surface area contributed by atoms with Crippen molar-refractivity contribution < 1.29 is 8.42 Å². The van der Waals surface area contributed by atoms with Gasteiger partial charge >= 0.3 is 0 Å². The SMILES string of the molecule is Cc1nnc([C@H]2CCCN(S(=O)(=O)N(C)C)C2)s1. The lowest BCUT2D eigenvalue weighted by Crippen LogP contribution is -2.44. The fourth-order valence-electron chi connectivity index (χ4n) is 2.06. The molecule has 8 heteroatoms. The summed E-state index contributed by atoms with van der Waals surface area (Å²) in [6.07, 6.45) is 1.85. The van der Waals surface area contributed by atoms with Crippen LogP contribution in [0.25, 0.3) is 0 Å². The maximum absolute atomic E-state index is 12.1. The molecule has 0 spiro atoms. The van der Waals surface area contributed by atoms with Crippen LogP contribution in [0.2, 0.25) is 0 Å². The molecular weight excluding hydrogens is 272 g/mol. The van der Waals surface area contributed by atoms with Crippen molar-refractivity contribution in [1.82, 2.24) is 18.8 Å². The standard InChI is InChI=1S/C10H18N4O2S2/c1-8-11-12-10(17-8)9-5-4-6-14(7-9)18(15,16)13(2)3/h9H,4-7H2,1-3H3/t9-/m0/s1. The maximum Gasteiger partial charge on any atom is 0.281 e. The van der Waals surface area contributed by atoms with Gasteiger partial charge in [0.05, 0.1) is 0 Å². The highest BCUT2D eigenvalue weighted by molar-refractivity contribution is 7.86. The first kappa shape index (κ1) is 13.9. The number of hydrogen-bond donors (Lipinski definition) is 0. The molecule has 1 saturated heterocycles. The van der Waals surface area contributed by atoms with Crippen molar-refractivity contribution in [2.45, 2.75) is 25.7 Å². The second-order valence-corrected chi connectivity index (χ2v) is 8.00. The zero-order valence-electron chi connectivity index (χ0n) is 10.8. The number of rotatable bonds is 3. The lowest BCUT2D eigenvalue weighted by molar-refractivity contribution is 0.298. The van der Waals surface area contributed by atoms with Gasteiger partial charge < -0.3 is 0 Å². The average molecular weight is 290 g/mol. The first-order valence-corrected chi connectivity index (χ1v) is 8.10. The van der Waals surface area contributed by atoms with Crippen molar-refractivity contribution in [1.29, 1.82) is 0 Å². The highest BCUT2D eigenvalue weighted by Crippen LogP contribution is 2.30. The molecule has 1 aliphatic rings. The van der Waals surface area contributed by atoms with Gasteiger partial charge in [-0.1, -0.05) is 0 Å². The minimum absolute atomic E-state index is 0.180. The normalized spacial score (nSPS) is 22.6. The predicted octanol–water partition coefficient (Wildman–Crippen LogP) is 0.832. The van der Waals surface area contributed by atoms with Crippen molar-refractivity contribution >= 4 is 21.5 Å². The highest BCUT2D eigenvalue weighted by Gasteiger charge is 2.32. The molecule has 0 unspecified atom stereocenters. The molecule has 0 N–H and O–H groups in total. The fourth-order valence-corrected chi connectivity index (χ4v) is 4.08. The van der Waals surface area contributed by atoms with Gasteiger partial charge in [-0.2, -0.15) is 17.0 Å². The van der Waals surface area contributed by atoms with Crippen molar-refractivity contribution in [3.63, 3.8) is 0 Å². The van der Waals surface area contributed by atoms with E-state index in [9.17, 15) is 8.42 Å². The Balaban J connectivity index is 2.14. The Morgan fingerprint density at radius 3 is 2.67 bits per heavy atom. The van der Waals surface area contributed by atoms with Gasteiger partial charge in [0.2, 0.25) is 0 Å². The second kappa shape index (κ2) is 5.20. The van der Waals surface area contributed by atoms with Crippen LogP contribution in [-0.4, -0.2) is 54.4 Å². The van der Waals surface area contributed by atoms with Gasteiger partial charge in [-0.3, -0.25) is 0 Å². The summed E-state index contributed by atoms with van der Waals surface area (Å²) in [7, 11) is -0.184. The molecule has 18 heavy (non-hydrogen) atoms. The minimum Gasteiger partial charge on any atom is -0.195 e. The molecule has 0 aliphatic carbocycles. The van der Waals surface area contributed by atoms with Crippen LogP contribution < -0.4 is 0 Å². The Morgan fingerprint density at radius 2 is 2.11 bits per heavy atom. The van der Waals surface area contributed by atoms with Gasteiger partial charge in [-0.15, -0.1) is 21.5 Å². The highest BCUT2D eigenvalue weighted by atomic mass is 32.2. The monoisotopic (exact) mass is 290 g/mol. The molecule has 1 aliphatic heterocycles. The first-order chi connectivity index (χ1) is 8.41. The van der Waals surface area contributed by atoms with E-state index < -0.39 is 10.2 Å². The number of hydrogen-bond acceptors (Lipinski definition) is 5. The zero-order valence-corrected chi connectivity index (χ0v) is 12.5. The van der Waals surface area contributed by atoms with E-state index in [4.69, 9.17) is 0 Å². The summed E-state index contributed by atoms with van der Waals surface area (Å²) >= 11 is 1.56. The van der Waals surface area contributed by atoms with Gasteiger partial charge in [-0.05, 0) is 19.8 Å². The number of aryl methyl sites for hydroxylation is 1. The molecule has 2 heterocycles. The molecule has 0 amide bonds. The maximum atomic E-state index is 12.1. The van der Waals surface area contributed by atoms with Crippen molar-refractivity contribution in [2.24, 2.45) is 0 Å². The third-order valence-electron chi connectivity index (χ3n) is 3.06. The zero-order chi connectivity index (χ0) is 13.3. The van der Waals surface area contributed by atoms with E-state index in [1.165, 1.54) is 8.61 Å². The Morgan fingerprint density at radius 1 is 1.39 bits per heavy atom. The molecule has 1 aromatic heterocycles. The molecule has 0 aromatic carbocycles. The Hall–Kier alpha value is -0.570. The summed E-state index contributed by atoms with van der Waals surface area (Å²) in [5.41, 5.74) is 0. The van der Waals surface area contributed by atoms with Gasteiger partial charge in [0.25, 0.3) is 10.2 Å². The summed E-state index contributed by atoms with van der Waals surface area (Å²) in [5.74, 6) is 0.180. The average Bonchev–Trinajstić information content (AvgIpc) is 2.76. The van der Waals surface area contributed by atoms with E-state index in [2.05, 4.69) is 10.2 Å². The summed E-state index contributed by atoms with van der Waals surface area (Å²) in [5, 5.41) is 10.0. The largest absolute Gasteiger partial charge is 0.281 e. The van der Waals surface area contributed by atoms with Gasteiger partial charge in [0.1, 0.15) is 10.0 Å². The molecule has 0 bridgehead atoms. The van der Waals surface area contributed by atoms with Crippen LogP contribution in [0, 0.1) is 6.92 Å². The van der Waals surface area contributed by atoms with Crippen molar-refractivity contribution in [2.75, 3.05) is 27.2 Å². The van der Waals surface area contributed by atoms with Gasteiger partial charge in [0.15, 0.2) is 0 Å². The van der Waals surface area contributed by atoms with Crippen LogP contribution in [0.1, 0.15) is 28.8 Å². The summed E-state index contributed by atoms with van der Waals surface area (Å²) in [6, 6.07) is 0. The molecule has 1 atom stereocenters. The lowest BCUT2D eigenvalue weighted by Gasteiger charge is -2.32. The quantitative estimate of drug-likeness (QED) is 0.827. The summed E-state index contributed by atoms with van der Waals surface area (Å²) in [4.78, 5) is 0. The fraction of sp³-hybridized carbons (Fsp3) is 0.800. The van der Waals surface area contributed by atoms with Crippen LogP contribution in [-0.2, 0) is 10.2 Å². The third kappa shape index (κ3) is 2.71. The number of piperidine rings is 1. The molecule has 6 nitrogen and oxygen atoms in total. The third-order valence-corrected chi connectivity index (χ3v) is 5.97. The lowest BCUT2D eigenvalue weighted by atomic mass is 10.0. The van der Waals surface area contributed by atoms with Crippen LogP contribution in [0.3, 0.4) is 0 Å². The minimum atomic E-state index is -3.31. The van der Waals surface area contributed by atoms with E-state index in [1.807, 2.05) is 6.92 Å². The molecule has 0 saturated carbocycles. The van der Waals surface area contributed by atoms with E-state index in [0.29, 0.717) is 13.1 Å². The molecule has 0 radical (unpaired) electrons. The van der Waals surface area contributed by atoms with Gasteiger partial charge in [-0.25, -0.2) is 0 Å². The molecule has 102 valence electrons. The Kier molecular flexibility index (Phi) is 4.00. The molecule has 2 rings (SSSR count). The summed E-state index contributed by atoms with van der Waals surface area (Å²) in [6.45, 7) is 3.02. The number of aromatic nitrogens is 2. The van der Waals surface area contributed by atoms with E-state index in [1.54, 1.807) is 25.4 Å². The van der Waals surface area contributed by atoms with Crippen molar-refractivity contribution in [3.8, 4) is 0 Å². The summed E-state index contributed by atoms with van der Waals surface area (Å²) < 4.78 is 27.0. The van der Waals surface area contributed by atoms with Crippen LogP contribution in [0.15, 0.2) is 0 Å². The second-order valence-electron chi connectivity index (χ2n) is 4.65. The Labute approximate surface area is 112 Å². The topological polar surface area (TPSA) is 66.4 Å². The van der Waals surface area contributed by atoms with E-state index in [0.717, 1.165) is 22.9 Å². The van der Waals surface area contributed by atoms with Crippen LogP contribution in [0.4, 0.5) is 0 Å².